The van der Waals surface area contributed by atoms with Crippen molar-refractivity contribution in [3.63, 3.8) is 0 Å². The zero-order valence-corrected chi connectivity index (χ0v) is 15.6. The molecule has 27 heavy (non-hydrogen) atoms. The maximum atomic E-state index is 12.4. The summed E-state index contributed by atoms with van der Waals surface area (Å²) < 4.78 is 38.6. The van der Waals surface area contributed by atoms with Gasteiger partial charge < -0.3 is 14.4 Å². The van der Waals surface area contributed by atoms with Gasteiger partial charge in [-0.2, -0.15) is 8.42 Å². The molecule has 2 atom stereocenters. The molecular formula is C18H20N2O6S. The van der Waals surface area contributed by atoms with Crippen LogP contribution in [0.5, 0.6) is 0 Å². The molecule has 0 saturated carbocycles. The summed E-state index contributed by atoms with van der Waals surface area (Å²) in [6.45, 7) is 2.75. The predicted molar refractivity (Wildman–Crippen MR) is 94.5 cm³/mol. The number of likely N-dealkylation sites (tertiary alicyclic amines) is 1. The Morgan fingerprint density at radius 3 is 2.63 bits per heavy atom. The molecule has 2 saturated heterocycles. The predicted octanol–water partition coefficient (Wildman–Crippen LogP) is 1.09. The van der Waals surface area contributed by atoms with E-state index in [0.717, 1.165) is 0 Å². The number of nitrogens with zero attached hydrogens (tertiary/aromatic N) is 2. The molecule has 0 spiro atoms. The number of carbonyl (C=O) groups is 2. The molecule has 0 aliphatic carbocycles. The molecule has 3 heterocycles. The van der Waals surface area contributed by atoms with Crippen molar-refractivity contribution < 1.29 is 27.5 Å². The molecule has 0 radical (unpaired) electrons. The lowest BCUT2D eigenvalue weighted by Gasteiger charge is -2.32. The normalized spacial score (nSPS) is 27.1. The van der Waals surface area contributed by atoms with Crippen molar-refractivity contribution in [1.29, 1.82) is 0 Å². The van der Waals surface area contributed by atoms with Gasteiger partial charge in [0.2, 0.25) is 6.10 Å². The number of hydrogen-bond donors (Lipinski definition) is 0. The number of esters is 2. The topological polar surface area (TPSA) is 102 Å². The number of carbonyl (C=O) groups excluding carboxylic acids is 2. The first-order chi connectivity index (χ1) is 12.8. The Morgan fingerprint density at radius 1 is 1.26 bits per heavy atom. The van der Waals surface area contributed by atoms with Gasteiger partial charge in [-0.15, -0.1) is 4.40 Å². The minimum absolute atomic E-state index is 0.218. The van der Waals surface area contributed by atoms with E-state index >= 15 is 0 Å². The molecule has 3 aliphatic heterocycles. The first-order valence-electron chi connectivity index (χ1n) is 8.95. The highest BCUT2D eigenvalue weighted by molar-refractivity contribution is 7.90. The summed E-state index contributed by atoms with van der Waals surface area (Å²) in [7, 11) is -3.66. The maximum absolute atomic E-state index is 12.4. The SMILES string of the molecule is C[C@@H]1C[C@@H](OC(=O)C2CCN(C3=NS(=O)(=O)c4ccccc43)CC2)C(=O)O1. The summed E-state index contributed by atoms with van der Waals surface area (Å²) in [5.41, 5.74) is 0.598. The number of rotatable bonds is 2. The van der Waals surface area contributed by atoms with Crippen LogP contribution in [-0.4, -0.2) is 56.4 Å². The van der Waals surface area contributed by atoms with Gasteiger partial charge in [-0.05, 0) is 31.9 Å². The highest BCUT2D eigenvalue weighted by Gasteiger charge is 2.38. The average molecular weight is 392 g/mol. The smallest absolute Gasteiger partial charge is 0.347 e. The fourth-order valence-electron chi connectivity index (χ4n) is 3.70. The molecule has 0 N–H and O–H groups in total. The van der Waals surface area contributed by atoms with Crippen LogP contribution < -0.4 is 0 Å². The number of hydrogen-bond acceptors (Lipinski definition) is 7. The van der Waals surface area contributed by atoms with E-state index in [-0.39, 0.29) is 16.9 Å². The Kier molecular flexibility index (Phi) is 4.41. The van der Waals surface area contributed by atoms with Crippen LogP contribution in [0.4, 0.5) is 0 Å². The molecule has 0 bridgehead atoms. The number of ether oxygens (including phenoxy) is 2. The van der Waals surface area contributed by atoms with Crippen LogP contribution in [0.1, 0.15) is 31.7 Å². The van der Waals surface area contributed by atoms with Crippen LogP contribution in [0.2, 0.25) is 0 Å². The van der Waals surface area contributed by atoms with Gasteiger partial charge in [-0.3, -0.25) is 4.79 Å². The zero-order valence-electron chi connectivity index (χ0n) is 14.8. The van der Waals surface area contributed by atoms with Crippen LogP contribution in [0.3, 0.4) is 0 Å². The maximum Gasteiger partial charge on any atom is 0.347 e. The zero-order chi connectivity index (χ0) is 19.2. The van der Waals surface area contributed by atoms with Crippen LogP contribution >= 0.6 is 0 Å². The van der Waals surface area contributed by atoms with Crippen molar-refractivity contribution in [2.45, 2.75) is 43.3 Å². The number of cyclic esters (lactones) is 1. The van der Waals surface area contributed by atoms with Crippen molar-refractivity contribution in [3.05, 3.63) is 29.8 Å². The summed E-state index contributed by atoms with van der Waals surface area (Å²) in [6, 6.07) is 6.74. The molecule has 1 aromatic rings. The average Bonchev–Trinajstić information content (AvgIpc) is 3.11. The van der Waals surface area contributed by atoms with E-state index in [1.54, 1.807) is 31.2 Å². The highest BCUT2D eigenvalue weighted by atomic mass is 32.2. The van der Waals surface area contributed by atoms with Crippen LogP contribution in [0.25, 0.3) is 0 Å². The van der Waals surface area contributed by atoms with Crippen molar-refractivity contribution in [2.24, 2.45) is 10.3 Å². The summed E-state index contributed by atoms with van der Waals surface area (Å²) in [4.78, 5) is 26.1. The quantitative estimate of drug-likeness (QED) is 0.694. The number of piperidine rings is 1. The van der Waals surface area contributed by atoms with Gasteiger partial charge in [-0.25, -0.2) is 4.79 Å². The Balaban J connectivity index is 1.40. The van der Waals surface area contributed by atoms with E-state index in [1.165, 1.54) is 0 Å². The lowest BCUT2D eigenvalue weighted by molar-refractivity contribution is -0.164. The second-order valence-corrected chi connectivity index (χ2v) is 8.63. The largest absolute Gasteiger partial charge is 0.460 e. The molecule has 144 valence electrons. The first-order valence-corrected chi connectivity index (χ1v) is 10.4. The summed E-state index contributed by atoms with van der Waals surface area (Å²) in [6.07, 6.45) is 0.352. The molecule has 3 aliphatic rings. The molecular weight excluding hydrogens is 372 g/mol. The third-order valence-electron chi connectivity index (χ3n) is 5.12. The van der Waals surface area contributed by atoms with Crippen molar-refractivity contribution in [2.75, 3.05) is 13.1 Å². The minimum Gasteiger partial charge on any atom is -0.460 e. The Morgan fingerprint density at radius 2 is 1.96 bits per heavy atom. The monoisotopic (exact) mass is 392 g/mol. The van der Waals surface area contributed by atoms with Crippen LogP contribution in [-0.2, 0) is 29.1 Å². The molecule has 1 aromatic carbocycles. The van der Waals surface area contributed by atoms with Gasteiger partial charge in [0.05, 0.1) is 5.92 Å². The summed E-state index contributed by atoms with van der Waals surface area (Å²) >= 11 is 0. The van der Waals surface area contributed by atoms with Gasteiger partial charge in [0.1, 0.15) is 11.0 Å². The second-order valence-electron chi connectivity index (χ2n) is 7.06. The van der Waals surface area contributed by atoms with Crippen molar-refractivity contribution in [3.8, 4) is 0 Å². The first kappa shape index (κ1) is 18.0. The van der Waals surface area contributed by atoms with Crippen LogP contribution in [0.15, 0.2) is 33.6 Å². The minimum atomic E-state index is -3.66. The molecule has 2 fully saturated rings. The molecule has 0 amide bonds. The Labute approximate surface area is 157 Å². The van der Waals surface area contributed by atoms with Gasteiger partial charge in [0.15, 0.2) is 5.84 Å². The number of fused-ring (bicyclic) bond motifs is 1. The molecule has 4 rings (SSSR count). The van der Waals surface area contributed by atoms with Gasteiger partial charge in [-0.1, -0.05) is 12.1 Å². The van der Waals surface area contributed by atoms with E-state index in [0.29, 0.717) is 43.8 Å². The lowest BCUT2D eigenvalue weighted by Crippen LogP contribution is -2.41. The summed E-state index contributed by atoms with van der Waals surface area (Å²) in [5.74, 6) is -0.771. The van der Waals surface area contributed by atoms with E-state index in [1.807, 2.05) is 4.90 Å². The second kappa shape index (κ2) is 6.63. The fraction of sp³-hybridized carbons (Fsp3) is 0.500. The highest BCUT2D eigenvalue weighted by Crippen LogP contribution is 2.30. The van der Waals surface area contributed by atoms with Crippen LogP contribution in [0, 0.1) is 5.92 Å². The molecule has 9 heteroatoms. The fourth-order valence-corrected chi connectivity index (χ4v) is 4.92. The molecule has 0 unspecified atom stereocenters. The van der Waals surface area contributed by atoms with Crippen molar-refractivity contribution in [1.82, 2.24) is 4.90 Å². The van der Waals surface area contributed by atoms with E-state index in [2.05, 4.69) is 4.40 Å². The number of sulfonamides is 1. The Bertz CT molecular complexity index is 918. The standard InChI is InChI=1S/C18H20N2O6S/c1-11-10-14(18(22)25-11)26-17(21)12-6-8-20(9-7-12)16-13-4-2-3-5-15(13)27(23,24)19-16/h2-5,11-12,14H,6-10H2,1H3/t11-,14-/m1/s1. The van der Waals surface area contributed by atoms with Gasteiger partial charge >= 0.3 is 11.9 Å². The van der Waals surface area contributed by atoms with Crippen molar-refractivity contribution >= 4 is 27.8 Å². The molecule has 0 aromatic heterocycles. The van der Waals surface area contributed by atoms with E-state index < -0.39 is 28.1 Å². The lowest BCUT2D eigenvalue weighted by atomic mass is 9.96. The third kappa shape index (κ3) is 3.31. The molecule has 8 nitrogen and oxygen atoms in total. The Hall–Kier alpha value is -2.42. The van der Waals surface area contributed by atoms with Gasteiger partial charge in [0.25, 0.3) is 10.0 Å². The number of benzene rings is 1. The van der Waals surface area contributed by atoms with E-state index in [4.69, 9.17) is 9.47 Å². The summed E-state index contributed by atoms with van der Waals surface area (Å²) in [5, 5.41) is 0. The van der Waals surface area contributed by atoms with Gasteiger partial charge in [0, 0.05) is 25.1 Å². The van der Waals surface area contributed by atoms with E-state index in [9.17, 15) is 18.0 Å². The number of amidine groups is 1. The third-order valence-corrected chi connectivity index (χ3v) is 6.45.